The van der Waals surface area contributed by atoms with Gasteiger partial charge < -0.3 is 9.84 Å². The largest absolute Gasteiger partial charge is 0.336 e. The number of halogens is 1. The molecule has 1 aliphatic rings. The molecule has 36 heavy (non-hydrogen) atoms. The number of hydrogen-bond acceptors (Lipinski definition) is 7. The van der Waals surface area contributed by atoms with Gasteiger partial charge in [0.2, 0.25) is 0 Å². The van der Waals surface area contributed by atoms with Gasteiger partial charge in [0.25, 0.3) is 21.8 Å². The third-order valence-corrected chi connectivity index (χ3v) is 9.56. The molecule has 0 bridgehead atoms. The second kappa shape index (κ2) is 10.4. The van der Waals surface area contributed by atoms with Crippen molar-refractivity contribution in [3.63, 3.8) is 0 Å². The predicted octanol–water partition coefficient (Wildman–Crippen LogP) is 6.44. The number of rotatable bonds is 7. The first-order chi connectivity index (χ1) is 17.0. The zero-order valence-corrected chi connectivity index (χ0v) is 22.9. The first-order valence-electron chi connectivity index (χ1n) is 11.7. The van der Waals surface area contributed by atoms with Gasteiger partial charge >= 0.3 is 0 Å². The number of ketones is 1. The molecule has 0 aliphatic heterocycles. The van der Waals surface area contributed by atoms with Crippen molar-refractivity contribution >= 4 is 56.2 Å². The summed E-state index contributed by atoms with van der Waals surface area (Å²) in [5, 5.41) is 8.13. The van der Waals surface area contributed by atoms with Crippen LogP contribution >= 0.6 is 22.9 Å². The zero-order chi connectivity index (χ0) is 26.2. The van der Waals surface area contributed by atoms with Crippen LogP contribution in [0.5, 0.6) is 0 Å². The van der Waals surface area contributed by atoms with Gasteiger partial charge in [0.05, 0.1) is 5.69 Å². The molecule has 1 amide bonds. The van der Waals surface area contributed by atoms with Crippen LogP contribution in [0.25, 0.3) is 0 Å². The van der Waals surface area contributed by atoms with E-state index < -0.39 is 15.9 Å². The third-order valence-electron chi connectivity index (χ3n) is 6.37. The summed E-state index contributed by atoms with van der Waals surface area (Å²) in [4.78, 5) is 26.7. The van der Waals surface area contributed by atoms with Crippen LogP contribution in [0.1, 0.15) is 74.5 Å². The Bertz CT molecular complexity index is 1440. The molecule has 0 spiro atoms. The smallest absolute Gasteiger partial charge is 0.267 e. The average molecular weight is 550 g/mol. The molecule has 1 saturated carbocycles. The highest BCUT2D eigenvalue weighted by Gasteiger charge is 2.31. The van der Waals surface area contributed by atoms with E-state index in [1.807, 2.05) is 19.9 Å². The van der Waals surface area contributed by atoms with E-state index in [0.29, 0.717) is 22.5 Å². The number of carbonyl (C=O) groups excluding carboxylic acids is 2. The minimum atomic E-state index is -4.22. The lowest BCUT2D eigenvalue weighted by molar-refractivity contribution is 0.0890. The number of carbonyl (C=O) groups is 2. The number of sulfonamides is 1. The van der Waals surface area contributed by atoms with Crippen molar-refractivity contribution in [1.29, 1.82) is 0 Å². The number of amides is 1. The highest BCUT2D eigenvalue weighted by molar-refractivity contribution is 7.93. The van der Waals surface area contributed by atoms with Crippen molar-refractivity contribution in [2.45, 2.75) is 64.7 Å². The van der Waals surface area contributed by atoms with Crippen LogP contribution in [-0.4, -0.2) is 25.3 Å². The predicted molar refractivity (Wildman–Crippen MR) is 141 cm³/mol. The maximum atomic E-state index is 13.4. The van der Waals surface area contributed by atoms with Crippen LogP contribution in [0.15, 0.2) is 26.9 Å². The van der Waals surface area contributed by atoms with E-state index >= 15 is 0 Å². The number of Topliss-reactive ketones (excluding diaryl/α,β-unsaturated/α-hetero) is 1. The molecule has 2 heterocycles. The summed E-state index contributed by atoms with van der Waals surface area (Å²) >= 11 is 7.08. The van der Waals surface area contributed by atoms with Crippen molar-refractivity contribution < 1.29 is 22.5 Å². The summed E-state index contributed by atoms with van der Waals surface area (Å²) < 4.78 is 33.7. The van der Waals surface area contributed by atoms with Gasteiger partial charge in [-0.15, -0.1) is 11.3 Å². The molecule has 0 radical (unpaired) electrons. The third kappa shape index (κ3) is 5.21. The molecule has 0 saturated heterocycles. The second-order valence-electron chi connectivity index (χ2n) is 9.25. The SMILES string of the molecule is Cc1cc(C)c(NC(=O)c2scc(C)c2S(=O)(=O)Nc2onc(C)c2Cl)c(C(=O)C2CCCCC2)c1. The highest BCUT2D eigenvalue weighted by atomic mass is 35.5. The fraction of sp³-hybridized carbons (Fsp3) is 0.400. The molecule has 3 aromatic rings. The molecule has 1 aromatic carbocycles. The summed E-state index contributed by atoms with van der Waals surface area (Å²) in [5.74, 6) is -0.891. The summed E-state index contributed by atoms with van der Waals surface area (Å²) in [5.41, 5.74) is 3.26. The van der Waals surface area contributed by atoms with Crippen LogP contribution in [0.3, 0.4) is 0 Å². The van der Waals surface area contributed by atoms with Crippen LogP contribution in [0.2, 0.25) is 5.02 Å². The standard InChI is InChI=1S/C25H28ClN3O5S2/c1-13-10-14(2)20(18(11-13)21(30)17-8-6-5-7-9-17)27-24(31)22-23(15(3)12-35-22)36(32,33)29-25-19(26)16(4)28-34-25/h10-12,17,29H,5-9H2,1-4H3,(H,27,31). The molecule has 11 heteroatoms. The van der Waals surface area contributed by atoms with E-state index in [2.05, 4.69) is 15.2 Å². The lowest BCUT2D eigenvalue weighted by atomic mass is 9.82. The van der Waals surface area contributed by atoms with Gasteiger partial charge in [-0.3, -0.25) is 9.59 Å². The number of aryl methyl sites for hydroxylation is 4. The number of anilines is 2. The molecular formula is C25H28ClN3O5S2. The molecule has 192 valence electrons. The summed E-state index contributed by atoms with van der Waals surface area (Å²) in [6.07, 6.45) is 4.82. The maximum absolute atomic E-state index is 13.4. The van der Waals surface area contributed by atoms with Crippen LogP contribution in [-0.2, 0) is 10.0 Å². The summed E-state index contributed by atoms with van der Waals surface area (Å²) in [7, 11) is -4.22. The molecule has 2 aromatic heterocycles. The van der Waals surface area contributed by atoms with Crippen molar-refractivity contribution in [2.75, 3.05) is 10.0 Å². The summed E-state index contributed by atoms with van der Waals surface area (Å²) in [6, 6.07) is 3.69. The lowest BCUT2D eigenvalue weighted by Gasteiger charge is -2.23. The van der Waals surface area contributed by atoms with E-state index in [9.17, 15) is 18.0 Å². The lowest BCUT2D eigenvalue weighted by Crippen LogP contribution is -2.23. The summed E-state index contributed by atoms with van der Waals surface area (Å²) in [6.45, 7) is 6.91. The van der Waals surface area contributed by atoms with E-state index in [1.54, 1.807) is 25.3 Å². The monoisotopic (exact) mass is 549 g/mol. The minimum absolute atomic E-state index is 0.0107. The van der Waals surface area contributed by atoms with Gasteiger partial charge in [0, 0.05) is 11.5 Å². The number of aromatic nitrogens is 1. The molecule has 1 aliphatic carbocycles. The number of benzene rings is 1. The van der Waals surface area contributed by atoms with Gasteiger partial charge in [-0.2, -0.15) is 0 Å². The fourth-order valence-electron chi connectivity index (χ4n) is 4.60. The average Bonchev–Trinajstić information content (AvgIpc) is 3.38. The number of nitrogens with one attached hydrogen (secondary N) is 2. The molecular weight excluding hydrogens is 522 g/mol. The quantitative estimate of drug-likeness (QED) is 0.327. The normalized spacial score (nSPS) is 14.6. The Balaban J connectivity index is 1.68. The van der Waals surface area contributed by atoms with E-state index in [-0.39, 0.29) is 32.4 Å². The Morgan fingerprint density at radius 2 is 1.78 bits per heavy atom. The Kier molecular flexibility index (Phi) is 7.59. The molecule has 4 rings (SSSR count). The van der Waals surface area contributed by atoms with Crippen molar-refractivity contribution in [3.8, 4) is 0 Å². The van der Waals surface area contributed by atoms with Gasteiger partial charge in [0.15, 0.2) is 5.78 Å². The molecule has 0 unspecified atom stereocenters. The van der Waals surface area contributed by atoms with E-state index in [4.69, 9.17) is 16.1 Å². The second-order valence-corrected chi connectivity index (χ2v) is 12.1. The zero-order valence-electron chi connectivity index (χ0n) is 20.5. The molecule has 1 fully saturated rings. The Morgan fingerprint density at radius 3 is 2.42 bits per heavy atom. The van der Waals surface area contributed by atoms with Crippen LogP contribution < -0.4 is 10.0 Å². The van der Waals surface area contributed by atoms with Gasteiger partial charge in [-0.05, 0) is 68.7 Å². The fourth-order valence-corrected chi connectivity index (χ4v) is 7.47. The van der Waals surface area contributed by atoms with Crippen molar-refractivity contribution in [3.05, 3.63) is 55.4 Å². The molecule has 8 nitrogen and oxygen atoms in total. The minimum Gasteiger partial charge on any atom is -0.336 e. The van der Waals surface area contributed by atoms with Crippen molar-refractivity contribution in [2.24, 2.45) is 5.92 Å². The first kappa shape index (κ1) is 26.4. The topological polar surface area (TPSA) is 118 Å². The highest BCUT2D eigenvalue weighted by Crippen LogP contribution is 2.35. The molecule has 0 atom stereocenters. The van der Waals surface area contributed by atoms with Crippen LogP contribution in [0, 0.1) is 33.6 Å². The van der Waals surface area contributed by atoms with Gasteiger partial charge in [-0.1, -0.05) is 42.1 Å². The maximum Gasteiger partial charge on any atom is 0.267 e. The van der Waals surface area contributed by atoms with Gasteiger partial charge in [-0.25, -0.2) is 13.1 Å². The van der Waals surface area contributed by atoms with E-state index in [0.717, 1.165) is 54.6 Å². The Labute approximate surface area is 219 Å². The molecule has 2 N–H and O–H groups in total. The van der Waals surface area contributed by atoms with Gasteiger partial charge in [0.1, 0.15) is 20.5 Å². The van der Waals surface area contributed by atoms with E-state index in [1.165, 1.54) is 0 Å². The number of hydrogen-bond donors (Lipinski definition) is 2. The number of thiophene rings is 1. The Morgan fingerprint density at radius 1 is 1.08 bits per heavy atom. The Hall–Kier alpha value is -2.69. The van der Waals surface area contributed by atoms with Crippen LogP contribution in [0.4, 0.5) is 11.6 Å². The first-order valence-corrected chi connectivity index (χ1v) is 14.4. The number of nitrogens with zero attached hydrogens (tertiary/aromatic N) is 1. The van der Waals surface area contributed by atoms with Crippen molar-refractivity contribution in [1.82, 2.24) is 5.16 Å².